The van der Waals surface area contributed by atoms with Gasteiger partial charge in [0.1, 0.15) is 0 Å². The van der Waals surface area contributed by atoms with Crippen molar-refractivity contribution in [2.45, 2.75) is 19.8 Å². The minimum absolute atomic E-state index is 0.0963. The molecule has 0 aliphatic heterocycles. The van der Waals surface area contributed by atoms with Crippen LogP contribution in [0.25, 0.3) is 0 Å². The molecule has 0 unspecified atom stereocenters. The first-order valence-corrected chi connectivity index (χ1v) is 5.43. The average Bonchev–Trinajstić information content (AvgIpc) is 2.11. The van der Waals surface area contributed by atoms with E-state index in [1.165, 1.54) is 0 Å². The van der Waals surface area contributed by atoms with Gasteiger partial charge < -0.3 is 0 Å². The van der Waals surface area contributed by atoms with Crippen LogP contribution in [-0.2, 0) is 19.2 Å². The van der Waals surface area contributed by atoms with Gasteiger partial charge in [-0.05, 0) is 12.5 Å². The highest BCUT2D eigenvalue weighted by molar-refractivity contribution is 7.86. The summed E-state index contributed by atoms with van der Waals surface area (Å²) in [5, 5.41) is 0. The maximum atomic E-state index is 10.9. The van der Waals surface area contributed by atoms with Crippen LogP contribution < -0.4 is 5.48 Å². The van der Waals surface area contributed by atoms with Crippen LogP contribution in [-0.4, -0.2) is 20.1 Å². The second-order valence-corrected chi connectivity index (χ2v) is 4.06. The zero-order valence-corrected chi connectivity index (χ0v) is 8.26. The summed E-state index contributed by atoms with van der Waals surface area (Å²) in [4.78, 5) is 10.5. The van der Waals surface area contributed by atoms with Crippen molar-refractivity contribution in [1.29, 1.82) is 0 Å². The van der Waals surface area contributed by atoms with Crippen LogP contribution >= 0.6 is 0 Å². The van der Waals surface area contributed by atoms with E-state index in [2.05, 4.69) is 10.9 Å². The first-order valence-electron chi connectivity index (χ1n) is 3.85. The monoisotopic (exact) mass is 207 g/mol. The smallest absolute Gasteiger partial charge is 0.268 e. The molecule has 0 aromatic carbocycles. The van der Waals surface area contributed by atoms with E-state index in [9.17, 15) is 13.2 Å². The Morgan fingerprint density at radius 2 is 2.23 bits per heavy atom. The van der Waals surface area contributed by atoms with Crippen molar-refractivity contribution >= 4 is 16.0 Å². The molecule has 0 radical (unpaired) electrons. The maximum absolute atomic E-state index is 10.9. The molecule has 0 saturated heterocycles. The largest absolute Gasteiger partial charge is 0.287 e. The topological polar surface area (TPSA) is 72.5 Å². The molecular formula is C7H13NO4S. The molecule has 76 valence electrons. The zero-order valence-electron chi connectivity index (χ0n) is 7.45. The molecule has 0 saturated carbocycles. The third kappa shape index (κ3) is 6.30. The van der Waals surface area contributed by atoms with E-state index in [0.717, 1.165) is 12.5 Å². The number of rotatable bonds is 6. The Kier molecular flexibility index (Phi) is 5.33. The molecular weight excluding hydrogens is 194 g/mol. The molecule has 0 rings (SSSR count). The first-order chi connectivity index (χ1) is 6.02. The standard InChI is InChI=1S/C7H13NO4S/c1-3-5-6-13(10,11)12-8-7(9)4-2/h4H,2-3,5-6H2,1H3,(H,8,9). The number of carbonyl (C=O) groups excluding carboxylic acids is 1. The molecule has 0 aromatic heterocycles. The van der Waals surface area contributed by atoms with E-state index >= 15 is 0 Å². The third-order valence-electron chi connectivity index (χ3n) is 1.20. The molecule has 0 aliphatic rings. The van der Waals surface area contributed by atoms with Gasteiger partial charge in [-0.15, -0.1) is 4.28 Å². The quantitative estimate of drug-likeness (QED) is 0.504. The normalized spacial score (nSPS) is 10.8. The Morgan fingerprint density at radius 1 is 1.62 bits per heavy atom. The maximum Gasteiger partial charge on any atom is 0.287 e. The van der Waals surface area contributed by atoms with E-state index in [-0.39, 0.29) is 5.75 Å². The van der Waals surface area contributed by atoms with Gasteiger partial charge in [0.25, 0.3) is 16.0 Å². The fourth-order valence-corrected chi connectivity index (χ4v) is 1.44. The lowest BCUT2D eigenvalue weighted by Gasteiger charge is -2.02. The fraction of sp³-hybridized carbons (Fsp3) is 0.571. The second kappa shape index (κ2) is 5.71. The molecule has 0 atom stereocenters. The first kappa shape index (κ1) is 12.1. The zero-order chi connectivity index (χ0) is 10.3. The van der Waals surface area contributed by atoms with Gasteiger partial charge in [-0.2, -0.15) is 8.42 Å². The van der Waals surface area contributed by atoms with E-state index in [0.29, 0.717) is 6.42 Å². The molecule has 5 nitrogen and oxygen atoms in total. The summed E-state index contributed by atoms with van der Waals surface area (Å²) in [5.41, 5.74) is 1.74. The molecule has 0 spiro atoms. The highest BCUT2D eigenvalue weighted by atomic mass is 32.2. The van der Waals surface area contributed by atoms with Crippen LogP contribution in [0, 0.1) is 0 Å². The lowest BCUT2D eigenvalue weighted by Crippen LogP contribution is -2.26. The van der Waals surface area contributed by atoms with Gasteiger partial charge in [0.05, 0.1) is 5.75 Å². The van der Waals surface area contributed by atoms with Gasteiger partial charge >= 0.3 is 0 Å². The van der Waals surface area contributed by atoms with Crippen LogP contribution in [0.15, 0.2) is 12.7 Å². The average molecular weight is 207 g/mol. The van der Waals surface area contributed by atoms with Crippen molar-refractivity contribution < 1.29 is 17.5 Å². The third-order valence-corrected chi connectivity index (χ3v) is 2.33. The Balaban J connectivity index is 3.89. The van der Waals surface area contributed by atoms with Gasteiger partial charge in [-0.1, -0.05) is 19.9 Å². The van der Waals surface area contributed by atoms with Crippen LogP contribution in [0.5, 0.6) is 0 Å². The Hall–Kier alpha value is -0.880. The van der Waals surface area contributed by atoms with Gasteiger partial charge in [0, 0.05) is 0 Å². The molecule has 1 N–H and O–H groups in total. The predicted octanol–water partition coefficient (Wildman–Crippen LogP) is 0.350. The minimum Gasteiger partial charge on any atom is -0.268 e. The minimum atomic E-state index is -3.63. The SMILES string of the molecule is C=CC(=O)NOS(=O)(=O)CCCC. The molecule has 0 bridgehead atoms. The summed E-state index contributed by atoms with van der Waals surface area (Å²) in [6, 6.07) is 0. The molecule has 0 aromatic rings. The molecule has 6 heteroatoms. The predicted molar refractivity (Wildman–Crippen MR) is 48.1 cm³/mol. The number of carbonyl (C=O) groups is 1. The summed E-state index contributed by atoms with van der Waals surface area (Å²) < 4.78 is 26.1. The number of hydrogen-bond donors (Lipinski definition) is 1. The van der Waals surface area contributed by atoms with E-state index in [1.807, 2.05) is 6.92 Å². The van der Waals surface area contributed by atoms with E-state index < -0.39 is 16.0 Å². The van der Waals surface area contributed by atoms with Crippen molar-refractivity contribution in [3.8, 4) is 0 Å². The molecule has 0 aliphatic carbocycles. The van der Waals surface area contributed by atoms with E-state index in [4.69, 9.17) is 0 Å². The Morgan fingerprint density at radius 3 is 2.69 bits per heavy atom. The fourth-order valence-electron chi connectivity index (χ4n) is 0.509. The summed E-state index contributed by atoms with van der Waals surface area (Å²) in [6.07, 6.45) is 2.18. The van der Waals surface area contributed by atoms with Crippen LogP contribution in [0.4, 0.5) is 0 Å². The summed E-state index contributed by atoms with van der Waals surface area (Å²) in [6.45, 7) is 5.00. The Labute approximate surface area is 77.9 Å². The van der Waals surface area contributed by atoms with Crippen molar-refractivity contribution in [2.24, 2.45) is 0 Å². The highest BCUT2D eigenvalue weighted by Gasteiger charge is 2.11. The lowest BCUT2D eigenvalue weighted by atomic mass is 10.4. The van der Waals surface area contributed by atoms with Crippen LogP contribution in [0.1, 0.15) is 19.8 Å². The van der Waals surface area contributed by atoms with Crippen molar-refractivity contribution in [3.63, 3.8) is 0 Å². The van der Waals surface area contributed by atoms with Crippen molar-refractivity contribution in [3.05, 3.63) is 12.7 Å². The lowest BCUT2D eigenvalue weighted by molar-refractivity contribution is -0.122. The van der Waals surface area contributed by atoms with E-state index in [1.54, 1.807) is 5.48 Å². The van der Waals surface area contributed by atoms with Crippen molar-refractivity contribution in [1.82, 2.24) is 5.48 Å². The molecule has 0 fully saturated rings. The molecule has 13 heavy (non-hydrogen) atoms. The number of hydroxylamine groups is 1. The highest BCUT2D eigenvalue weighted by Crippen LogP contribution is 1.96. The van der Waals surface area contributed by atoms with Gasteiger partial charge in [-0.3, -0.25) is 4.79 Å². The number of hydrogen-bond acceptors (Lipinski definition) is 4. The van der Waals surface area contributed by atoms with Gasteiger partial charge in [-0.25, -0.2) is 5.48 Å². The molecule has 0 heterocycles. The Bertz CT molecular complexity index is 270. The number of nitrogens with one attached hydrogen (secondary N) is 1. The van der Waals surface area contributed by atoms with Crippen LogP contribution in [0.3, 0.4) is 0 Å². The van der Waals surface area contributed by atoms with Crippen LogP contribution in [0.2, 0.25) is 0 Å². The second-order valence-electron chi connectivity index (χ2n) is 2.37. The van der Waals surface area contributed by atoms with Gasteiger partial charge in [0.15, 0.2) is 0 Å². The number of amides is 1. The van der Waals surface area contributed by atoms with Crippen molar-refractivity contribution in [2.75, 3.05) is 5.75 Å². The summed E-state index contributed by atoms with van der Waals surface area (Å²) in [7, 11) is -3.63. The summed E-state index contributed by atoms with van der Waals surface area (Å²) in [5.74, 6) is -0.777. The summed E-state index contributed by atoms with van der Waals surface area (Å²) >= 11 is 0. The number of unbranched alkanes of at least 4 members (excludes halogenated alkanes) is 1. The van der Waals surface area contributed by atoms with Gasteiger partial charge in [0.2, 0.25) is 0 Å². The molecule has 1 amide bonds.